The highest BCUT2D eigenvalue weighted by Crippen LogP contribution is 1.99. The van der Waals surface area contributed by atoms with E-state index in [1.165, 1.54) is 0 Å². The van der Waals surface area contributed by atoms with Crippen LogP contribution >= 0.6 is 0 Å². The first-order valence-corrected chi connectivity index (χ1v) is 5.95. The molecular formula is C11H23N3O3. The highest BCUT2D eigenvalue weighted by molar-refractivity contribution is 5.78. The third kappa shape index (κ3) is 4.99. The van der Waals surface area contributed by atoms with E-state index in [0.717, 1.165) is 26.2 Å². The van der Waals surface area contributed by atoms with E-state index in [-0.39, 0.29) is 11.9 Å². The van der Waals surface area contributed by atoms with Gasteiger partial charge in [-0.05, 0) is 6.92 Å². The maximum atomic E-state index is 11.8. The molecule has 0 spiro atoms. The Labute approximate surface area is 103 Å². The van der Waals surface area contributed by atoms with Gasteiger partial charge in [0.25, 0.3) is 0 Å². The summed E-state index contributed by atoms with van der Waals surface area (Å²) in [5.41, 5.74) is 0. The number of methoxy groups -OCH3 is 2. The molecule has 1 aliphatic rings. The summed E-state index contributed by atoms with van der Waals surface area (Å²) in [6.07, 6.45) is -0.401. The predicted molar refractivity (Wildman–Crippen MR) is 64.7 cm³/mol. The van der Waals surface area contributed by atoms with Gasteiger partial charge in [0.15, 0.2) is 6.29 Å². The Bertz CT molecular complexity index is 228. The van der Waals surface area contributed by atoms with Crippen LogP contribution in [0, 0.1) is 0 Å². The maximum absolute atomic E-state index is 11.8. The van der Waals surface area contributed by atoms with Crippen LogP contribution in [0.4, 0.5) is 0 Å². The topological polar surface area (TPSA) is 62.8 Å². The number of rotatable bonds is 6. The van der Waals surface area contributed by atoms with E-state index in [1.807, 2.05) is 6.92 Å². The van der Waals surface area contributed by atoms with E-state index in [2.05, 4.69) is 15.5 Å². The average Bonchev–Trinajstić information content (AvgIpc) is 2.31. The second kappa shape index (κ2) is 7.60. The van der Waals surface area contributed by atoms with Gasteiger partial charge < -0.3 is 20.1 Å². The summed E-state index contributed by atoms with van der Waals surface area (Å²) in [6.45, 7) is 6.03. The van der Waals surface area contributed by atoms with Gasteiger partial charge in [0.2, 0.25) is 5.91 Å². The Balaban J connectivity index is 2.27. The SMILES string of the molecule is COC(OC)C(C)NC(=O)CN1CCNCC1. The third-order valence-corrected chi connectivity index (χ3v) is 2.84. The number of nitrogens with zero attached hydrogens (tertiary/aromatic N) is 1. The summed E-state index contributed by atoms with van der Waals surface area (Å²) >= 11 is 0. The van der Waals surface area contributed by atoms with Crippen molar-refractivity contribution in [2.45, 2.75) is 19.3 Å². The molecule has 100 valence electrons. The van der Waals surface area contributed by atoms with Crippen LogP contribution in [-0.2, 0) is 14.3 Å². The third-order valence-electron chi connectivity index (χ3n) is 2.84. The lowest BCUT2D eigenvalue weighted by atomic mass is 10.3. The monoisotopic (exact) mass is 245 g/mol. The van der Waals surface area contributed by atoms with Gasteiger partial charge in [0.05, 0.1) is 12.6 Å². The zero-order valence-corrected chi connectivity index (χ0v) is 10.9. The van der Waals surface area contributed by atoms with Crippen LogP contribution in [-0.4, -0.2) is 70.1 Å². The van der Waals surface area contributed by atoms with Crippen molar-refractivity contribution in [3.8, 4) is 0 Å². The predicted octanol–water partition coefficient (Wildman–Crippen LogP) is -0.985. The van der Waals surface area contributed by atoms with Gasteiger partial charge in [0, 0.05) is 40.4 Å². The zero-order chi connectivity index (χ0) is 12.7. The van der Waals surface area contributed by atoms with Crippen molar-refractivity contribution in [3.05, 3.63) is 0 Å². The average molecular weight is 245 g/mol. The molecule has 0 saturated carbocycles. The van der Waals surface area contributed by atoms with E-state index < -0.39 is 6.29 Å². The number of amides is 1. The molecule has 6 heteroatoms. The van der Waals surface area contributed by atoms with E-state index in [9.17, 15) is 4.79 Å². The summed E-state index contributed by atoms with van der Waals surface area (Å²) in [7, 11) is 3.13. The molecule has 0 radical (unpaired) electrons. The summed E-state index contributed by atoms with van der Waals surface area (Å²) in [6, 6.07) is -0.152. The number of carbonyl (C=O) groups excluding carboxylic acids is 1. The van der Waals surface area contributed by atoms with E-state index >= 15 is 0 Å². The number of piperazine rings is 1. The molecule has 0 aromatic heterocycles. The first kappa shape index (κ1) is 14.4. The number of ether oxygens (including phenoxy) is 2. The second-order valence-electron chi connectivity index (χ2n) is 4.22. The van der Waals surface area contributed by atoms with Gasteiger partial charge in [0.1, 0.15) is 0 Å². The Morgan fingerprint density at radius 1 is 1.35 bits per heavy atom. The van der Waals surface area contributed by atoms with E-state index in [0.29, 0.717) is 6.54 Å². The number of hydrogen-bond acceptors (Lipinski definition) is 5. The number of nitrogens with one attached hydrogen (secondary N) is 2. The van der Waals surface area contributed by atoms with Crippen LogP contribution in [0.1, 0.15) is 6.92 Å². The Hall–Kier alpha value is -0.690. The van der Waals surface area contributed by atoms with Crippen molar-refractivity contribution < 1.29 is 14.3 Å². The molecule has 0 bridgehead atoms. The molecule has 1 aliphatic heterocycles. The molecule has 1 amide bonds. The van der Waals surface area contributed by atoms with Crippen molar-refractivity contribution >= 4 is 5.91 Å². The molecule has 1 saturated heterocycles. The van der Waals surface area contributed by atoms with Gasteiger partial charge in [-0.15, -0.1) is 0 Å². The lowest BCUT2D eigenvalue weighted by molar-refractivity contribution is -0.136. The molecule has 0 aliphatic carbocycles. The van der Waals surface area contributed by atoms with Crippen molar-refractivity contribution in [1.82, 2.24) is 15.5 Å². The smallest absolute Gasteiger partial charge is 0.234 e. The number of carbonyl (C=O) groups is 1. The van der Waals surface area contributed by atoms with Gasteiger partial charge in [-0.1, -0.05) is 0 Å². The first-order valence-electron chi connectivity index (χ1n) is 5.95. The number of hydrogen-bond donors (Lipinski definition) is 2. The summed E-state index contributed by atoms with van der Waals surface area (Å²) in [5.74, 6) is 0.0125. The molecule has 1 heterocycles. The van der Waals surface area contributed by atoms with Gasteiger partial charge in [-0.25, -0.2) is 0 Å². The van der Waals surface area contributed by atoms with Crippen molar-refractivity contribution in [3.63, 3.8) is 0 Å². The molecule has 17 heavy (non-hydrogen) atoms. The lowest BCUT2D eigenvalue weighted by Crippen LogP contribution is -2.50. The molecule has 6 nitrogen and oxygen atoms in total. The van der Waals surface area contributed by atoms with Crippen LogP contribution in [0.2, 0.25) is 0 Å². The molecule has 0 aromatic carbocycles. The Morgan fingerprint density at radius 2 is 1.94 bits per heavy atom. The Kier molecular flexibility index (Phi) is 6.43. The standard InChI is InChI=1S/C11H23N3O3/c1-9(11(16-2)17-3)13-10(15)8-14-6-4-12-5-7-14/h9,11-12H,4-8H2,1-3H3,(H,13,15). The van der Waals surface area contributed by atoms with Crippen molar-refractivity contribution in [2.75, 3.05) is 46.9 Å². The largest absolute Gasteiger partial charge is 0.354 e. The maximum Gasteiger partial charge on any atom is 0.234 e. The lowest BCUT2D eigenvalue weighted by Gasteiger charge is -2.28. The second-order valence-corrected chi connectivity index (χ2v) is 4.22. The molecule has 1 unspecified atom stereocenters. The molecule has 0 aromatic rings. The van der Waals surface area contributed by atoms with Crippen LogP contribution in [0.25, 0.3) is 0 Å². The summed E-state index contributed by atoms with van der Waals surface area (Å²) in [5, 5.41) is 6.13. The first-order chi connectivity index (χ1) is 8.17. The van der Waals surface area contributed by atoms with Crippen molar-refractivity contribution in [1.29, 1.82) is 0 Å². The van der Waals surface area contributed by atoms with E-state index in [1.54, 1.807) is 14.2 Å². The molecule has 1 rings (SSSR count). The quantitative estimate of drug-likeness (QED) is 0.589. The van der Waals surface area contributed by atoms with Crippen LogP contribution in [0.3, 0.4) is 0 Å². The molecule has 1 fully saturated rings. The Morgan fingerprint density at radius 3 is 2.47 bits per heavy atom. The summed E-state index contributed by atoms with van der Waals surface area (Å²) in [4.78, 5) is 13.9. The molecular weight excluding hydrogens is 222 g/mol. The molecule has 2 N–H and O–H groups in total. The van der Waals surface area contributed by atoms with Crippen LogP contribution in [0.5, 0.6) is 0 Å². The fraction of sp³-hybridized carbons (Fsp3) is 0.909. The highest BCUT2D eigenvalue weighted by Gasteiger charge is 2.19. The van der Waals surface area contributed by atoms with Gasteiger partial charge in [-0.3, -0.25) is 9.69 Å². The minimum absolute atomic E-state index is 0.0125. The van der Waals surface area contributed by atoms with Crippen LogP contribution in [0.15, 0.2) is 0 Å². The van der Waals surface area contributed by atoms with Crippen LogP contribution < -0.4 is 10.6 Å². The fourth-order valence-electron chi connectivity index (χ4n) is 1.94. The zero-order valence-electron chi connectivity index (χ0n) is 10.9. The van der Waals surface area contributed by atoms with Gasteiger partial charge >= 0.3 is 0 Å². The minimum Gasteiger partial charge on any atom is -0.354 e. The normalized spacial score (nSPS) is 19.3. The highest BCUT2D eigenvalue weighted by atomic mass is 16.7. The van der Waals surface area contributed by atoms with E-state index in [4.69, 9.17) is 9.47 Å². The summed E-state index contributed by atoms with van der Waals surface area (Å²) < 4.78 is 10.2. The van der Waals surface area contributed by atoms with Crippen molar-refractivity contribution in [2.24, 2.45) is 0 Å². The van der Waals surface area contributed by atoms with Gasteiger partial charge in [-0.2, -0.15) is 0 Å². The fourth-order valence-corrected chi connectivity index (χ4v) is 1.94. The minimum atomic E-state index is -0.401. The molecule has 1 atom stereocenters.